The van der Waals surface area contributed by atoms with Crippen LogP contribution in [0.25, 0.3) is 10.8 Å². The summed E-state index contributed by atoms with van der Waals surface area (Å²) in [6, 6.07) is 11.8. The molecule has 1 aliphatic rings. The highest BCUT2D eigenvalue weighted by Crippen LogP contribution is 2.36. The van der Waals surface area contributed by atoms with Crippen LogP contribution in [0.15, 0.2) is 59.8 Å². The quantitative estimate of drug-likeness (QED) is 0.763. The highest BCUT2D eigenvalue weighted by atomic mass is 32.2. The molecule has 1 amide bonds. The molecule has 4 rings (SSSR count). The Morgan fingerprint density at radius 2 is 1.96 bits per heavy atom. The Morgan fingerprint density at radius 1 is 1.08 bits per heavy atom. The smallest absolute Gasteiger partial charge is 0.256 e. The second-order valence-corrected chi connectivity index (χ2v) is 7.21. The zero-order valence-electron chi connectivity index (χ0n) is 12.5. The van der Waals surface area contributed by atoms with E-state index in [-0.39, 0.29) is 17.3 Å². The molecule has 24 heavy (non-hydrogen) atoms. The van der Waals surface area contributed by atoms with Crippen molar-refractivity contribution in [2.24, 2.45) is 0 Å². The number of anilines is 1. The van der Waals surface area contributed by atoms with Crippen LogP contribution in [-0.2, 0) is 16.6 Å². The van der Waals surface area contributed by atoms with E-state index in [1.807, 2.05) is 0 Å². The van der Waals surface area contributed by atoms with Gasteiger partial charge in [-0.2, -0.15) is 0 Å². The Kier molecular flexibility index (Phi) is 3.33. The van der Waals surface area contributed by atoms with Crippen LogP contribution in [0.3, 0.4) is 0 Å². The van der Waals surface area contributed by atoms with Crippen LogP contribution in [0.5, 0.6) is 0 Å². The summed E-state index contributed by atoms with van der Waals surface area (Å²) < 4.78 is 28.0. The highest BCUT2D eigenvalue weighted by molar-refractivity contribution is 7.89. The number of sulfonamides is 1. The van der Waals surface area contributed by atoms with E-state index in [2.05, 4.69) is 15.0 Å². The molecule has 0 saturated carbocycles. The molecule has 2 aromatic carbocycles. The lowest BCUT2D eigenvalue weighted by Gasteiger charge is -2.10. The predicted molar refractivity (Wildman–Crippen MR) is 90.2 cm³/mol. The fourth-order valence-electron chi connectivity index (χ4n) is 2.86. The van der Waals surface area contributed by atoms with Gasteiger partial charge in [-0.05, 0) is 29.8 Å². The summed E-state index contributed by atoms with van der Waals surface area (Å²) in [6.45, 7) is 0.149. The number of nitrogens with one attached hydrogen (secondary N) is 2. The Morgan fingerprint density at radius 3 is 2.75 bits per heavy atom. The normalized spacial score (nSPS) is 13.2. The first-order chi connectivity index (χ1) is 11.6. The summed E-state index contributed by atoms with van der Waals surface area (Å²) in [4.78, 5) is 16.1. The van der Waals surface area contributed by atoms with Gasteiger partial charge in [-0.3, -0.25) is 9.78 Å². The van der Waals surface area contributed by atoms with E-state index in [4.69, 9.17) is 0 Å². The molecule has 2 N–H and O–H groups in total. The summed E-state index contributed by atoms with van der Waals surface area (Å²) in [5, 5.41) is 3.92. The molecule has 120 valence electrons. The maximum atomic E-state index is 12.7. The van der Waals surface area contributed by atoms with Crippen molar-refractivity contribution in [1.29, 1.82) is 0 Å². The molecular weight excluding hydrogens is 326 g/mol. The minimum atomic E-state index is -3.73. The van der Waals surface area contributed by atoms with Crippen molar-refractivity contribution < 1.29 is 13.2 Å². The van der Waals surface area contributed by atoms with Gasteiger partial charge in [0.1, 0.15) is 0 Å². The van der Waals surface area contributed by atoms with Crippen molar-refractivity contribution in [3.63, 3.8) is 0 Å². The van der Waals surface area contributed by atoms with E-state index in [1.165, 1.54) is 6.07 Å². The van der Waals surface area contributed by atoms with Crippen LogP contribution < -0.4 is 10.0 Å². The van der Waals surface area contributed by atoms with E-state index in [0.717, 1.165) is 5.56 Å². The molecule has 0 saturated heterocycles. The van der Waals surface area contributed by atoms with E-state index in [0.29, 0.717) is 22.0 Å². The zero-order chi connectivity index (χ0) is 16.7. The first-order valence-corrected chi connectivity index (χ1v) is 8.80. The van der Waals surface area contributed by atoms with Gasteiger partial charge in [-0.15, -0.1) is 0 Å². The van der Waals surface area contributed by atoms with Gasteiger partial charge >= 0.3 is 0 Å². The third-order valence-electron chi connectivity index (χ3n) is 3.97. The molecule has 1 aliphatic heterocycles. The number of pyridine rings is 1. The molecule has 0 unspecified atom stereocenters. The van der Waals surface area contributed by atoms with Gasteiger partial charge in [0.15, 0.2) is 0 Å². The standard InChI is InChI=1S/C17H13N3O3S/c21-17-13-5-1-4-12-15(7-6-14(20-17)16(12)13)24(22,23)19-10-11-3-2-8-18-9-11/h1-9,19H,10H2,(H,20,21). The first-order valence-electron chi connectivity index (χ1n) is 7.32. The summed E-state index contributed by atoms with van der Waals surface area (Å²) in [5.41, 5.74) is 1.90. The molecule has 0 radical (unpaired) electrons. The monoisotopic (exact) mass is 339 g/mol. The van der Waals surface area contributed by atoms with Crippen LogP contribution in [0.4, 0.5) is 5.69 Å². The van der Waals surface area contributed by atoms with Crippen LogP contribution in [0.1, 0.15) is 15.9 Å². The van der Waals surface area contributed by atoms with Crippen LogP contribution in [-0.4, -0.2) is 19.3 Å². The highest BCUT2D eigenvalue weighted by Gasteiger charge is 2.26. The number of carbonyl (C=O) groups excluding carboxylic acids is 1. The van der Waals surface area contributed by atoms with Crippen molar-refractivity contribution in [2.75, 3.05) is 5.32 Å². The van der Waals surface area contributed by atoms with Crippen molar-refractivity contribution in [3.8, 4) is 0 Å². The van der Waals surface area contributed by atoms with E-state index >= 15 is 0 Å². The number of nitrogens with zero attached hydrogens (tertiary/aromatic N) is 1. The number of aromatic nitrogens is 1. The fraction of sp³-hybridized carbons (Fsp3) is 0.0588. The van der Waals surface area contributed by atoms with Crippen molar-refractivity contribution in [1.82, 2.24) is 9.71 Å². The van der Waals surface area contributed by atoms with Crippen LogP contribution >= 0.6 is 0 Å². The minimum Gasteiger partial charge on any atom is -0.321 e. The van der Waals surface area contributed by atoms with Gasteiger partial charge in [-0.1, -0.05) is 18.2 Å². The van der Waals surface area contributed by atoms with Gasteiger partial charge in [0.25, 0.3) is 5.91 Å². The molecule has 1 aromatic heterocycles. The third kappa shape index (κ3) is 2.34. The first kappa shape index (κ1) is 14.8. The average Bonchev–Trinajstić information content (AvgIpc) is 2.92. The molecule has 2 heterocycles. The molecule has 0 bridgehead atoms. The number of amides is 1. The molecule has 0 fully saturated rings. The molecule has 0 aliphatic carbocycles. The lowest BCUT2D eigenvalue weighted by molar-refractivity contribution is 0.103. The second kappa shape index (κ2) is 5.40. The maximum absolute atomic E-state index is 12.7. The fourth-order valence-corrected chi connectivity index (χ4v) is 4.08. The second-order valence-electron chi connectivity index (χ2n) is 5.48. The zero-order valence-corrected chi connectivity index (χ0v) is 13.3. The van der Waals surface area contributed by atoms with Crippen molar-refractivity contribution in [3.05, 3.63) is 66.0 Å². The summed E-state index contributed by atoms with van der Waals surface area (Å²) >= 11 is 0. The minimum absolute atomic E-state index is 0.149. The lowest BCUT2D eigenvalue weighted by atomic mass is 10.1. The predicted octanol–water partition coefficient (Wildman–Crippen LogP) is 2.28. The third-order valence-corrected chi connectivity index (χ3v) is 5.43. The van der Waals surface area contributed by atoms with Crippen LogP contribution in [0, 0.1) is 0 Å². The summed E-state index contributed by atoms with van der Waals surface area (Å²) in [5.74, 6) is -0.214. The Labute approximate surface area is 138 Å². The van der Waals surface area contributed by atoms with Gasteiger partial charge in [0.2, 0.25) is 10.0 Å². The molecule has 0 atom stereocenters. The largest absolute Gasteiger partial charge is 0.321 e. The van der Waals surface area contributed by atoms with Gasteiger partial charge in [0.05, 0.1) is 4.90 Å². The number of hydrogen-bond donors (Lipinski definition) is 2. The summed E-state index contributed by atoms with van der Waals surface area (Å²) in [6.07, 6.45) is 3.24. The van der Waals surface area contributed by atoms with Gasteiger partial charge in [-0.25, -0.2) is 13.1 Å². The topological polar surface area (TPSA) is 88.2 Å². The number of hydrogen-bond acceptors (Lipinski definition) is 4. The van der Waals surface area contributed by atoms with Crippen LogP contribution in [0.2, 0.25) is 0 Å². The van der Waals surface area contributed by atoms with Crippen molar-refractivity contribution in [2.45, 2.75) is 11.4 Å². The number of carbonyl (C=O) groups is 1. The molecule has 7 heteroatoms. The number of benzene rings is 2. The van der Waals surface area contributed by atoms with E-state index < -0.39 is 10.0 Å². The molecule has 6 nitrogen and oxygen atoms in total. The number of rotatable bonds is 4. The van der Waals surface area contributed by atoms with Gasteiger partial charge < -0.3 is 5.32 Å². The Hall–Kier alpha value is -2.77. The Bertz CT molecular complexity index is 1060. The van der Waals surface area contributed by atoms with E-state index in [9.17, 15) is 13.2 Å². The average molecular weight is 339 g/mol. The lowest BCUT2D eigenvalue weighted by Crippen LogP contribution is -2.23. The van der Waals surface area contributed by atoms with E-state index in [1.54, 1.807) is 48.8 Å². The molecule has 3 aromatic rings. The SMILES string of the molecule is O=C1Nc2ccc(S(=O)(=O)NCc3cccnc3)c3cccc1c23. The summed E-state index contributed by atoms with van der Waals surface area (Å²) in [7, 11) is -3.73. The Balaban J connectivity index is 1.77. The maximum Gasteiger partial charge on any atom is 0.256 e. The molecule has 0 spiro atoms. The molecular formula is C17H13N3O3S. The van der Waals surface area contributed by atoms with Crippen molar-refractivity contribution >= 4 is 32.4 Å². The van der Waals surface area contributed by atoms with Gasteiger partial charge in [0, 0.05) is 41.0 Å².